The summed E-state index contributed by atoms with van der Waals surface area (Å²) >= 11 is 5.83. The lowest BCUT2D eigenvalue weighted by atomic mass is 10.0. The van der Waals surface area contributed by atoms with Gasteiger partial charge >= 0.3 is 0 Å². The van der Waals surface area contributed by atoms with Crippen molar-refractivity contribution < 1.29 is 23.1 Å². The Labute approximate surface area is 217 Å². The molecule has 7 nitrogen and oxygen atoms in total. The van der Waals surface area contributed by atoms with Crippen LogP contribution in [-0.2, 0) is 27.6 Å². The van der Waals surface area contributed by atoms with Crippen LogP contribution in [0.25, 0.3) is 0 Å². The van der Waals surface area contributed by atoms with Gasteiger partial charge in [0.15, 0.2) is 9.84 Å². The van der Waals surface area contributed by atoms with Gasteiger partial charge in [-0.15, -0.1) is 0 Å². The molecule has 0 saturated carbocycles. The average molecular weight is 531 g/mol. The van der Waals surface area contributed by atoms with Gasteiger partial charge in [0.2, 0.25) is 5.91 Å². The molecule has 0 fully saturated rings. The predicted molar refractivity (Wildman–Crippen MR) is 141 cm³/mol. The summed E-state index contributed by atoms with van der Waals surface area (Å²) < 4.78 is 30.4. The Hall–Kier alpha value is -2.91. The normalized spacial score (nSPS) is 13.1. The molecule has 0 saturated heterocycles. The van der Waals surface area contributed by atoms with E-state index in [0.717, 1.165) is 16.9 Å². The minimum atomic E-state index is -3.64. The number of aliphatic hydroxyl groups excluding tert-OH is 1. The van der Waals surface area contributed by atoms with E-state index in [1.807, 2.05) is 54.6 Å². The monoisotopic (exact) mass is 530 g/mol. The molecule has 9 heteroatoms. The van der Waals surface area contributed by atoms with E-state index in [1.165, 1.54) is 24.3 Å². The number of methoxy groups -OCH3 is 1. The summed E-state index contributed by atoms with van der Waals surface area (Å²) in [5.74, 6) is -0.0409. The molecular weight excluding hydrogens is 500 g/mol. The van der Waals surface area contributed by atoms with Gasteiger partial charge in [-0.1, -0.05) is 54.1 Å². The number of hydrogen-bond donors (Lipinski definition) is 3. The van der Waals surface area contributed by atoms with Crippen LogP contribution in [0.15, 0.2) is 83.8 Å². The van der Waals surface area contributed by atoms with Crippen LogP contribution >= 0.6 is 11.6 Å². The third-order valence-electron chi connectivity index (χ3n) is 5.70. The molecular formula is C27H31ClN2O5S. The summed E-state index contributed by atoms with van der Waals surface area (Å²) in [6.07, 6.45) is -0.716. The summed E-state index contributed by atoms with van der Waals surface area (Å²) in [6.45, 7) is 0.748. The highest BCUT2D eigenvalue weighted by atomic mass is 35.5. The van der Waals surface area contributed by atoms with Gasteiger partial charge in [-0.2, -0.15) is 0 Å². The molecule has 0 aliphatic rings. The SMILES string of the molecule is COc1cccc(CNC[C@H](O)[C@H](Cc2ccccc2)NC(=O)CCS(=O)(=O)c2ccc(Cl)cc2)c1. The number of aliphatic hydroxyl groups is 1. The number of carbonyl (C=O) groups excluding carboxylic acids is 1. The van der Waals surface area contributed by atoms with E-state index in [2.05, 4.69) is 10.6 Å². The minimum Gasteiger partial charge on any atom is -0.497 e. The first-order valence-corrected chi connectivity index (χ1v) is 13.6. The zero-order valence-corrected chi connectivity index (χ0v) is 21.6. The lowest BCUT2D eigenvalue weighted by Gasteiger charge is -2.25. The first-order valence-electron chi connectivity index (χ1n) is 11.6. The maximum atomic E-state index is 12.7. The van der Waals surface area contributed by atoms with Crippen LogP contribution in [0.5, 0.6) is 5.75 Å². The molecule has 192 valence electrons. The van der Waals surface area contributed by atoms with E-state index >= 15 is 0 Å². The zero-order valence-electron chi connectivity index (χ0n) is 20.1. The Morgan fingerprint density at radius 1 is 1.00 bits per heavy atom. The Bertz CT molecular complexity index is 1220. The molecule has 1 amide bonds. The lowest BCUT2D eigenvalue weighted by molar-refractivity contribution is -0.122. The molecule has 0 heterocycles. The number of carbonyl (C=O) groups is 1. The Balaban J connectivity index is 1.60. The molecule has 0 aliphatic carbocycles. The van der Waals surface area contributed by atoms with Crippen molar-refractivity contribution in [2.45, 2.75) is 36.4 Å². The molecule has 3 aromatic carbocycles. The maximum absolute atomic E-state index is 12.7. The van der Waals surface area contributed by atoms with Gasteiger partial charge < -0.3 is 20.5 Å². The predicted octanol–water partition coefficient (Wildman–Crippen LogP) is 3.39. The van der Waals surface area contributed by atoms with Crippen LogP contribution in [0.2, 0.25) is 5.02 Å². The van der Waals surface area contributed by atoms with E-state index in [4.69, 9.17) is 16.3 Å². The molecule has 0 radical (unpaired) electrons. The number of rotatable bonds is 13. The number of halogens is 1. The smallest absolute Gasteiger partial charge is 0.221 e. The van der Waals surface area contributed by atoms with Gasteiger partial charge in [0.1, 0.15) is 5.75 Å². The van der Waals surface area contributed by atoms with E-state index < -0.39 is 27.9 Å². The van der Waals surface area contributed by atoms with Crippen molar-refractivity contribution in [1.29, 1.82) is 0 Å². The highest BCUT2D eigenvalue weighted by Gasteiger charge is 2.23. The van der Waals surface area contributed by atoms with Crippen LogP contribution in [-0.4, -0.2) is 51.0 Å². The van der Waals surface area contributed by atoms with Crippen LogP contribution < -0.4 is 15.4 Å². The molecule has 0 aromatic heterocycles. The lowest BCUT2D eigenvalue weighted by Crippen LogP contribution is -2.48. The van der Waals surface area contributed by atoms with Gasteiger partial charge in [0.05, 0.1) is 29.9 Å². The summed E-state index contributed by atoms with van der Waals surface area (Å²) in [5, 5.41) is 17.4. The largest absolute Gasteiger partial charge is 0.497 e. The van der Waals surface area contributed by atoms with Crippen LogP contribution in [0.3, 0.4) is 0 Å². The van der Waals surface area contributed by atoms with Crippen LogP contribution in [0.1, 0.15) is 17.5 Å². The fourth-order valence-electron chi connectivity index (χ4n) is 3.71. The zero-order chi connectivity index (χ0) is 26.0. The van der Waals surface area contributed by atoms with E-state index in [-0.39, 0.29) is 23.6 Å². The minimum absolute atomic E-state index is 0.113. The molecule has 0 unspecified atom stereocenters. The van der Waals surface area contributed by atoms with Crippen molar-refractivity contribution in [3.63, 3.8) is 0 Å². The fraction of sp³-hybridized carbons (Fsp3) is 0.296. The molecule has 36 heavy (non-hydrogen) atoms. The molecule has 0 spiro atoms. The molecule has 0 bridgehead atoms. The summed E-state index contributed by atoms with van der Waals surface area (Å²) in [6, 6.07) is 22.4. The second-order valence-corrected chi connectivity index (χ2v) is 11.0. The number of nitrogens with one attached hydrogen (secondary N) is 2. The van der Waals surface area contributed by atoms with Crippen molar-refractivity contribution in [2.24, 2.45) is 0 Å². The third-order valence-corrected chi connectivity index (χ3v) is 7.68. The highest BCUT2D eigenvalue weighted by Crippen LogP contribution is 2.16. The van der Waals surface area contributed by atoms with E-state index in [9.17, 15) is 18.3 Å². The Morgan fingerprint density at radius 3 is 2.39 bits per heavy atom. The Kier molecular flexibility index (Phi) is 10.3. The van der Waals surface area contributed by atoms with Gasteiger partial charge in [0.25, 0.3) is 0 Å². The molecule has 3 rings (SSSR count). The number of amides is 1. The fourth-order valence-corrected chi connectivity index (χ4v) is 5.07. The highest BCUT2D eigenvalue weighted by molar-refractivity contribution is 7.91. The van der Waals surface area contributed by atoms with Gasteiger partial charge in [-0.25, -0.2) is 8.42 Å². The average Bonchev–Trinajstić information content (AvgIpc) is 2.88. The van der Waals surface area contributed by atoms with Crippen molar-refractivity contribution >= 4 is 27.3 Å². The number of benzene rings is 3. The molecule has 2 atom stereocenters. The number of ether oxygens (including phenoxy) is 1. The standard InChI is InChI=1S/C27H31ClN2O5S/c1-35-23-9-5-8-21(16-23)18-29-19-26(31)25(17-20-6-3-2-4-7-20)30-27(32)14-15-36(33,34)24-12-10-22(28)11-13-24/h2-13,16,25-26,29,31H,14-15,17-19H2,1H3,(H,30,32)/t25-,26-/m0/s1. The quantitative estimate of drug-likeness (QED) is 0.313. The number of hydrogen-bond acceptors (Lipinski definition) is 6. The second kappa shape index (κ2) is 13.4. The first kappa shape index (κ1) is 27.7. The van der Waals surface area contributed by atoms with E-state index in [1.54, 1.807) is 7.11 Å². The van der Waals surface area contributed by atoms with Crippen LogP contribution in [0, 0.1) is 0 Å². The van der Waals surface area contributed by atoms with Crippen molar-refractivity contribution in [3.05, 3.63) is 95.0 Å². The first-order chi connectivity index (χ1) is 17.3. The second-order valence-electron chi connectivity index (χ2n) is 8.44. The van der Waals surface area contributed by atoms with Crippen molar-refractivity contribution in [1.82, 2.24) is 10.6 Å². The van der Waals surface area contributed by atoms with E-state index in [0.29, 0.717) is 18.0 Å². The summed E-state index contributed by atoms with van der Waals surface area (Å²) in [7, 11) is -2.04. The maximum Gasteiger partial charge on any atom is 0.221 e. The number of sulfone groups is 1. The molecule has 3 N–H and O–H groups in total. The summed E-state index contributed by atoms with van der Waals surface area (Å²) in [5.41, 5.74) is 1.95. The van der Waals surface area contributed by atoms with Gasteiger partial charge in [-0.05, 0) is 53.9 Å². The van der Waals surface area contributed by atoms with Crippen molar-refractivity contribution in [3.8, 4) is 5.75 Å². The Morgan fingerprint density at radius 2 is 1.69 bits per heavy atom. The topological polar surface area (TPSA) is 105 Å². The van der Waals surface area contributed by atoms with Crippen molar-refractivity contribution in [2.75, 3.05) is 19.4 Å². The van der Waals surface area contributed by atoms with Gasteiger partial charge in [-0.3, -0.25) is 4.79 Å². The molecule has 0 aliphatic heterocycles. The van der Waals surface area contributed by atoms with Gasteiger partial charge in [0, 0.05) is 24.5 Å². The van der Waals surface area contributed by atoms with Crippen LogP contribution in [0.4, 0.5) is 0 Å². The summed E-state index contributed by atoms with van der Waals surface area (Å²) in [4.78, 5) is 12.8. The third kappa shape index (κ3) is 8.64. The molecule has 3 aromatic rings.